The van der Waals surface area contributed by atoms with Crippen LogP contribution in [-0.2, 0) is 11.3 Å². The molecule has 0 N–H and O–H groups in total. The van der Waals surface area contributed by atoms with Crippen molar-refractivity contribution < 1.29 is 19.0 Å². The van der Waals surface area contributed by atoms with Gasteiger partial charge in [-0.1, -0.05) is 23.7 Å². The van der Waals surface area contributed by atoms with Gasteiger partial charge in [-0.05, 0) is 36.8 Å². The van der Waals surface area contributed by atoms with E-state index in [0.29, 0.717) is 71.2 Å². The Morgan fingerprint density at radius 3 is 2.64 bits per heavy atom. The predicted molar refractivity (Wildman–Crippen MR) is 144 cm³/mol. The van der Waals surface area contributed by atoms with Crippen LogP contribution in [0.5, 0.6) is 11.8 Å². The fourth-order valence-electron chi connectivity index (χ4n) is 5.15. The van der Waals surface area contributed by atoms with Crippen molar-refractivity contribution in [3.63, 3.8) is 0 Å². The monoisotopic (exact) mass is 547 g/mol. The minimum atomic E-state index is -0.275. The summed E-state index contributed by atoms with van der Waals surface area (Å²) >= 11 is 6.03. The number of carbonyl (C=O) groups excluding carboxylic acids is 1. The highest BCUT2D eigenvalue weighted by Crippen LogP contribution is 2.36. The molecule has 2 aromatic carbocycles. The van der Waals surface area contributed by atoms with Crippen LogP contribution in [0.4, 0.5) is 4.79 Å². The molecule has 4 aromatic rings. The van der Waals surface area contributed by atoms with E-state index in [-0.39, 0.29) is 29.8 Å². The van der Waals surface area contributed by atoms with Gasteiger partial charge in [0.05, 0.1) is 30.6 Å². The first-order valence-corrected chi connectivity index (χ1v) is 13.0. The number of halogens is 1. The molecule has 0 spiro atoms. The summed E-state index contributed by atoms with van der Waals surface area (Å²) in [6.07, 6.45) is 4.15. The molecule has 10 nitrogen and oxygen atoms in total. The second-order valence-corrected chi connectivity index (χ2v) is 10.1. The first-order valence-electron chi connectivity index (χ1n) is 12.7. The molecule has 0 radical (unpaired) electrons. The molecule has 2 fully saturated rings. The predicted octanol–water partition coefficient (Wildman–Crippen LogP) is 4.23. The lowest BCUT2D eigenvalue weighted by atomic mass is 10.00. The van der Waals surface area contributed by atoms with Crippen LogP contribution < -0.4 is 15.0 Å². The van der Waals surface area contributed by atoms with Crippen molar-refractivity contribution in [2.45, 2.75) is 38.5 Å². The molecule has 4 heterocycles. The number of hydrogen-bond donors (Lipinski definition) is 0. The normalized spacial score (nSPS) is 18.6. The van der Waals surface area contributed by atoms with Crippen molar-refractivity contribution in [1.29, 1.82) is 0 Å². The van der Waals surface area contributed by atoms with Crippen molar-refractivity contribution in [2.75, 3.05) is 20.3 Å². The number of aryl methyl sites for hydroxylation is 1. The highest BCUT2D eigenvalue weighted by atomic mass is 35.5. The van der Waals surface area contributed by atoms with Crippen molar-refractivity contribution in [2.24, 2.45) is 0 Å². The number of benzene rings is 2. The highest BCUT2D eigenvalue weighted by Gasteiger charge is 2.39. The van der Waals surface area contributed by atoms with Crippen LogP contribution in [0.2, 0.25) is 5.02 Å². The van der Waals surface area contributed by atoms with Crippen LogP contribution in [0.25, 0.3) is 22.0 Å². The molecular formula is C28H26ClN5O5. The van der Waals surface area contributed by atoms with Crippen LogP contribution in [0.3, 0.4) is 0 Å². The number of cyclic esters (lactones) is 1. The van der Waals surface area contributed by atoms with Gasteiger partial charge < -0.3 is 19.1 Å². The number of nitrogens with zero attached hydrogens (tertiary/aromatic N) is 5. The number of ether oxygens (including phenoxy) is 3. The number of amides is 1. The summed E-state index contributed by atoms with van der Waals surface area (Å²) in [6, 6.07) is 11.2. The van der Waals surface area contributed by atoms with E-state index in [1.54, 1.807) is 40.1 Å². The standard InChI is InChI=1S/C28H26ClN5O5/c1-16-32-24-10-22(18-12-30-27(37-2)31-13-18)25(39-21-7-8-33-20(9-21)15-38-28(33)36)11-23(24)26(35)34(16)14-17-3-5-19(29)6-4-17/h3-6,10-13,20-21H,7-9,14-15H2,1-2H3/t20-,21-/m0/s1. The van der Waals surface area contributed by atoms with Crippen LogP contribution >= 0.6 is 11.6 Å². The third-order valence-corrected chi connectivity index (χ3v) is 7.47. The van der Waals surface area contributed by atoms with Crippen molar-refractivity contribution in [1.82, 2.24) is 24.4 Å². The summed E-state index contributed by atoms with van der Waals surface area (Å²) in [7, 11) is 1.51. The van der Waals surface area contributed by atoms with E-state index in [1.807, 2.05) is 25.1 Å². The Morgan fingerprint density at radius 2 is 1.90 bits per heavy atom. The summed E-state index contributed by atoms with van der Waals surface area (Å²) in [4.78, 5) is 40.7. The molecule has 2 saturated heterocycles. The summed E-state index contributed by atoms with van der Waals surface area (Å²) in [5.41, 5.74) is 2.74. The Hall–Kier alpha value is -4.18. The maximum absolute atomic E-state index is 13.7. The van der Waals surface area contributed by atoms with E-state index in [4.69, 9.17) is 30.8 Å². The van der Waals surface area contributed by atoms with Gasteiger partial charge in [-0.3, -0.25) is 9.36 Å². The molecule has 2 aliphatic rings. The van der Waals surface area contributed by atoms with E-state index < -0.39 is 0 Å². The minimum Gasteiger partial charge on any atom is -0.490 e. The smallest absolute Gasteiger partial charge is 0.410 e. The Kier molecular flexibility index (Phi) is 6.56. The zero-order chi connectivity index (χ0) is 27.1. The Morgan fingerprint density at radius 1 is 1.13 bits per heavy atom. The van der Waals surface area contributed by atoms with Gasteiger partial charge in [-0.25, -0.2) is 19.7 Å². The number of hydrogen-bond acceptors (Lipinski definition) is 8. The second-order valence-electron chi connectivity index (χ2n) is 9.69. The first kappa shape index (κ1) is 25.1. The van der Waals surface area contributed by atoms with Gasteiger partial charge in [0, 0.05) is 47.9 Å². The topological polar surface area (TPSA) is 109 Å². The average Bonchev–Trinajstić information content (AvgIpc) is 3.32. The van der Waals surface area contributed by atoms with Gasteiger partial charge >= 0.3 is 12.1 Å². The molecule has 0 unspecified atom stereocenters. The molecule has 11 heteroatoms. The highest BCUT2D eigenvalue weighted by molar-refractivity contribution is 6.30. The van der Waals surface area contributed by atoms with Crippen molar-refractivity contribution >= 4 is 28.6 Å². The van der Waals surface area contributed by atoms with Gasteiger partial charge in [-0.15, -0.1) is 0 Å². The van der Waals surface area contributed by atoms with Gasteiger partial charge in [0.2, 0.25) is 0 Å². The van der Waals surface area contributed by atoms with E-state index in [1.165, 1.54) is 7.11 Å². The number of carbonyl (C=O) groups is 1. The van der Waals surface area contributed by atoms with Gasteiger partial charge in [0.1, 0.15) is 24.3 Å². The molecule has 39 heavy (non-hydrogen) atoms. The van der Waals surface area contributed by atoms with Crippen molar-refractivity contribution in [3.05, 3.63) is 75.6 Å². The van der Waals surface area contributed by atoms with E-state index >= 15 is 0 Å². The third-order valence-electron chi connectivity index (χ3n) is 7.22. The molecule has 0 saturated carbocycles. The maximum Gasteiger partial charge on any atom is 0.410 e. The average molecular weight is 548 g/mol. The minimum absolute atomic E-state index is 0.0228. The lowest BCUT2D eigenvalue weighted by molar-refractivity contribution is 0.0941. The fraction of sp³-hybridized carbons (Fsp3) is 0.321. The Balaban J connectivity index is 1.41. The third kappa shape index (κ3) is 4.87. The molecule has 2 aliphatic heterocycles. The summed E-state index contributed by atoms with van der Waals surface area (Å²) < 4.78 is 18.5. The first-order chi connectivity index (χ1) is 18.9. The maximum atomic E-state index is 13.7. The van der Waals surface area contributed by atoms with Crippen LogP contribution in [-0.4, -0.2) is 62.9 Å². The quantitative estimate of drug-likeness (QED) is 0.353. The fourth-order valence-corrected chi connectivity index (χ4v) is 5.28. The van der Waals surface area contributed by atoms with Crippen LogP contribution in [0, 0.1) is 6.92 Å². The van der Waals surface area contributed by atoms with E-state index in [9.17, 15) is 9.59 Å². The van der Waals surface area contributed by atoms with Crippen LogP contribution in [0.1, 0.15) is 24.2 Å². The Labute approximate surface area is 229 Å². The summed E-state index contributed by atoms with van der Waals surface area (Å²) in [6.45, 7) is 3.09. The molecule has 200 valence electrons. The number of methoxy groups -OCH3 is 1. The molecular weight excluding hydrogens is 522 g/mol. The van der Waals surface area contributed by atoms with Gasteiger partial charge in [0.15, 0.2) is 0 Å². The zero-order valence-electron chi connectivity index (χ0n) is 21.5. The lowest BCUT2D eigenvalue weighted by Gasteiger charge is -2.33. The van der Waals surface area contributed by atoms with Crippen LogP contribution in [0.15, 0.2) is 53.6 Å². The summed E-state index contributed by atoms with van der Waals surface area (Å²) in [5, 5.41) is 1.08. The van der Waals surface area contributed by atoms with E-state index in [2.05, 4.69) is 9.97 Å². The largest absolute Gasteiger partial charge is 0.490 e. The number of rotatable bonds is 6. The zero-order valence-corrected chi connectivity index (χ0v) is 22.2. The Bertz CT molecular complexity index is 1610. The van der Waals surface area contributed by atoms with Crippen molar-refractivity contribution in [3.8, 4) is 22.9 Å². The molecule has 0 bridgehead atoms. The lowest BCUT2D eigenvalue weighted by Crippen LogP contribution is -2.44. The number of aromatic nitrogens is 4. The second kappa shape index (κ2) is 10.2. The molecule has 1 amide bonds. The SMILES string of the molecule is COc1ncc(-c2cc3nc(C)n(Cc4ccc(Cl)cc4)c(=O)c3cc2O[C@H]2CCN3C(=O)OC[C@@H]3C2)cn1. The van der Waals surface area contributed by atoms with E-state index in [0.717, 1.165) is 5.56 Å². The van der Waals surface area contributed by atoms with Gasteiger partial charge in [0.25, 0.3) is 5.56 Å². The summed E-state index contributed by atoms with van der Waals surface area (Å²) in [5.74, 6) is 1.12. The number of piperidine rings is 1. The molecule has 6 rings (SSSR count). The van der Waals surface area contributed by atoms with Gasteiger partial charge in [-0.2, -0.15) is 0 Å². The number of fused-ring (bicyclic) bond motifs is 2. The molecule has 2 aromatic heterocycles. The molecule has 0 aliphatic carbocycles. The molecule has 2 atom stereocenters.